The lowest BCUT2D eigenvalue weighted by atomic mass is 9.97. The van der Waals surface area contributed by atoms with Gasteiger partial charge in [-0.05, 0) is 44.5 Å². The number of rotatable bonds is 4. The van der Waals surface area contributed by atoms with Gasteiger partial charge in [-0.15, -0.1) is 0 Å². The highest BCUT2D eigenvalue weighted by molar-refractivity contribution is 6.42. The molecule has 2 saturated heterocycles. The number of halogens is 2. The fourth-order valence-electron chi connectivity index (χ4n) is 4.23. The minimum Gasteiger partial charge on any atom is -0.353 e. The molecule has 2 fully saturated rings. The number of likely N-dealkylation sites (tertiary alicyclic amines) is 1. The number of nitrogens with one attached hydrogen (secondary N) is 1. The number of anilines is 1. The van der Waals surface area contributed by atoms with Crippen LogP contribution >= 0.6 is 23.2 Å². The van der Waals surface area contributed by atoms with E-state index in [4.69, 9.17) is 23.2 Å². The molecule has 4 rings (SSSR count). The van der Waals surface area contributed by atoms with Crippen LogP contribution in [0, 0.1) is 5.92 Å². The summed E-state index contributed by atoms with van der Waals surface area (Å²) in [7, 11) is 2.24. The molecule has 2 aromatic rings. The van der Waals surface area contributed by atoms with E-state index in [1.807, 2.05) is 18.2 Å². The molecule has 0 amide bonds. The van der Waals surface area contributed by atoms with Gasteiger partial charge in [0.1, 0.15) is 0 Å². The Bertz CT molecular complexity index is 769. The van der Waals surface area contributed by atoms with Crippen molar-refractivity contribution in [2.24, 2.45) is 5.92 Å². The van der Waals surface area contributed by atoms with Crippen LogP contribution in [-0.2, 0) is 0 Å². The average Bonchev–Trinajstić information content (AvgIpc) is 3.15. The second kappa shape index (κ2) is 8.39. The van der Waals surface area contributed by atoms with E-state index in [0.29, 0.717) is 10.0 Å². The van der Waals surface area contributed by atoms with Crippen LogP contribution < -0.4 is 4.90 Å². The summed E-state index contributed by atoms with van der Waals surface area (Å²) in [5.41, 5.74) is 1.97. The number of benzene rings is 1. The first kappa shape index (κ1) is 19.1. The summed E-state index contributed by atoms with van der Waals surface area (Å²) in [6.07, 6.45) is 2.71. The number of piperidine rings is 1. The molecule has 2 aliphatic rings. The predicted molar refractivity (Wildman–Crippen MR) is 113 cm³/mol. The van der Waals surface area contributed by atoms with Crippen molar-refractivity contribution in [2.75, 3.05) is 57.8 Å². The Balaban J connectivity index is 1.33. The van der Waals surface area contributed by atoms with Gasteiger partial charge < -0.3 is 9.80 Å². The molecule has 0 saturated carbocycles. The summed E-state index contributed by atoms with van der Waals surface area (Å²) in [5, 5.41) is 8.79. The smallest absolute Gasteiger partial charge is 0.151 e. The molecule has 1 unspecified atom stereocenters. The second-order valence-electron chi connectivity index (χ2n) is 7.83. The van der Waals surface area contributed by atoms with Gasteiger partial charge in [0.15, 0.2) is 5.82 Å². The Morgan fingerprint density at radius 1 is 1.07 bits per heavy atom. The molecule has 0 spiro atoms. The molecular weight excluding hydrogens is 381 g/mol. The Kier molecular flexibility index (Phi) is 5.93. The summed E-state index contributed by atoms with van der Waals surface area (Å²) in [6.45, 7) is 7.98. The Hall–Kier alpha value is -1.27. The average molecular weight is 408 g/mol. The van der Waals surface area contributed by atoms with Crippen LogP contribution in [-0.4, -0.2) is 72.9 Å². The van der Waals surface area contributed by atoms with Crippen molar-refractivity contribution in [3.05, 3.63) is 34.3 Å². The highest BCUT2D eigenvalue weighted by Crippen LogP contribution is 2.29. The summed E-state index contributed by atoms with van der Waals surface area (Å²) >= 11 is 12.2. The molecule has 5 nitrogen and oxygen atoms in total. The van der Waals surface area contributed by atoms with Gasteiger partial charge in [-0.1, -0.05) is 29.3 Å². The number of hydrogen-bond acceptors (Lipinski definition) is 4. The quantitative estimate of drug-likeness (QED) is 0.834. The predicted octanol–water partition coefficient (Wildman–Crippen LogP) is 3.85. The fourth-order valence-corrected chi connectivity index (χ4v) is 4.53. The van der Waals surface area contributed by atoms with Gasteiger partial charge in [0.2, 0.25) is 0 Å². The highest BCUT2D eigenvalue weighted by Gasteiger charge is 2.24. The van der Waals surface area contributed by atoms with Crippen molar-refractivity contribution >= 4 is 29.0 Å². The molecule has 0 aliphatic carbocycles. The molecule has 27 heavy (non-hydrogen) atoms. The van der Waals surface area contributed by atoms with Crippen LogP contribution in [0.2, 0.25) is 10.0 Å². The molecule has 1 N–H and O–H groups in total. The Labute approximate surface area is 171 Å². The van der Waals surface area contributed by atoms with Gasteiger partial charge in [0, 0.05) is 50.9 Å². The monoisotopic (exact) mass is 407 g/mol. The first-order chi connectivity index (χ1) is 13.1. The maximum atomic E-state index is 6.14. The molecule has 0 bridgehead atoms. The zero-order chi connectivity index (χ0) is 18.8. The molecular formula is C20H27Cl2N5. The molecule has 3 heterocycles. The third kappa shape index (κ3) is 4.60. The lowest BCUT2D eigenvalue weighted by molar-refractivity contribution is 0.147. The van der Waals surface area contributed by atoms with E-state index in [-0.39, 0.29) is 0 Å². The summed E-state index contributed by atoms with van der Waals surface area (Å²) in [5.74, 6) is 1.83. The van der Waals surface area contributed by atoms with Crippen LogP contribution in [0.25, 0.3) is 11.3 Å². The minimum absolute atomic E-state index is 0.562. The van der Waals surface area contributed by atoms with Crippen LogP contribution in [0.15, 0.2) is 24.3 Å². The van der Waals surface area contributed by atoms with Crippen molar-refractivity contribution in [1.29, 1.82) is 0 Å². The van der Waals surface area contributed by atoms with Gasteiger partial charge in [-0.2, -0.15) is 5.10 Å². The van der Waals surface area contributed by atoms with Crippen molar-refractivity contribution in [1.82, 2.24) is 20.0 Å². The SMILES string of the molecule is CN1CCCC(CN2CCN(c3cc(-c4ccc(Cl)c(Cl)c4)[nH]n3)CC2)C1. The highest BCUT2D eigenvalue weighted by atomic mass is 35.5. The van der Waals surface area contributed by atoms with Crippen molar-refractivity contribution in [3.63, 3.8) is 0 Å². The van der Waals surface area contributed by atoms with E-state index in [1.165, 1.54) is 32.5 Å². The van der Waals surface area contributed by atoms with E-state index >= 15 is 0 Å². The summed E-state index contributed by atoms with van der Waals surface area (Å²) < 4.78 is 0. The Morgan fingerprint density at radius 3 is 2.63 bits per heavy atom. The molecule has 2 aliphatic heterocycles. The lowest BCUT2D eigenvalue weighted by Crippen LogP contribution is -2.49. The van der Waals surface area contributed by atoms with Gasteiger partial charge in [-0.3, -0.25) is 10.00 Å². The number of H-pyrrole nitrogens is 1. The maximum absolute atomic E-state index is 6.14. The lowest BCUT2D eigenvalue weighted by Gasteiger charge is -2.38. The molecule has 1 atom stereocenters. The second-order valence-corrected chi connectivity index (χ2v) is 8.64. The third-order valence-electron chi connectivity index (χ3n) is 5.73. The zero-order valence-corrected chi connectivity index (χ0v) is 17.3. The fraction of sp³-hybridized carbons (Fsp3) is 0.550. The van der Waals surface area contributed by atoms with E-state index < -0.39 is 0 Å². The van der Waals surface area contributed by atoms with Crippen molar-refractivity contribution < 1.29 is 0 Å². The summed E-state index contributed by atoms with van der Waals surface area (Å²) in [4.78, 5) is 7.45. The molecule has 146 valence electrons. The first-order valence-corrected chi connectivity index (χ1v) is 10.5. The summed E-state index contributed by atoms with van der Waals surface area (Å²) in [6, 6.07) is 7.76. The maximum Gasteiger partial charge on any atom is 0.151 e. The van der Waals surface area contributed by atoms with Crippen molar-refractivity contribution in [2.45, 2.75) is 12.8 Å². The molecule has 7 heteroatoms. The number of piperazine rings is 1. The zero-order valence-electron chi connectivity index (χ0n) is 15.8. The first-order valence-electron chi connectivity index (χ1n) is 9.75. The van der Waals surface area contributed by atoms with E-state index in [9.17, 15) is 0 Å². The van der Waals surface area contributed by atoms with E-state index in [1.54, 1.807) is 0 Å². The van der Waals surface area contributed by atoms with Crippen molar-refractivity contribution in [3.8, 4) is 11.3 Å². The van der Waals surface area contributed by atoms with Crippen LogP contribution in [0.4, 0.5) is 5.82 Å². The Morgan fingerprint density at radius 2 is 1.89 bits per heavy atom. The van der Waals surface area contributed by atoms with Gasteiger partial charge in [0.25, 0.3) is 0 Å². The number of hydrogen-bond donors (Lipinski definition) is 1. The third-order valence-corrected chi connectivity index (χ3v) is 6.47. The number of aromatic amines is 1. The number of nitrogens with zero attached hydrogens (tertiary/aromatic N) is 4. The standard InChI is InChI=1S/C20H27Cl2N5/c1-25-6-2-3-15(13-25)14-26-7-9-27(10-8-26)20-12-19(23-24-20)16-4-5-17(21)18(22)11-16/h4-5,11-12,15H,2-3,6-10,13-14H2,1H3,(H,23,24). The largest absolute Gasteiger partial charge is 0.353 e. The molecule has 0 radical (unpaired) electrons. The van der Waals surface area contributed by atoms with Crippen LogP contribution in [0.1, 0.15) is 12.8 Å². The van der Waals surface area contributed by atoms with E-state index in [2.05, 4.69) is 38.0 Å². The topological polar surface area (TPSA) is 38.4 Å². The van der Waals surface area contributed by atoms with Gasteiger partial charge in [-0.25, -0.2) is 0 Å². The number of aromatic nitrogens is 2. The molecule has 1 aromatic carbocycles. The van der Waals surface area contributed by atoms with Crippen LogP contribution in [0.3, 0.4) is 0 Å². The van der Waals surface area contributed by atoms with Crippen LogP contribution in [0.5, 0.6) is 0 Å². The normalized spacial score (nSPS) is 22.3. The van der Waals surface area contributed by atoms with Gasteiger partial charge >= 0.3 is 0 Å². The van der Waals surface area contributed by atoms with E-state index in [0.717, 1.165) is 49.2 Å². The molecule has 1 aromatic heterocycles. The minimum atomic E-state index is 0.562. The van der Waals surface area contributed by atoms with Gasteiger partial charge in [0.05, 0.1) is 15.7 Å².